The zero-order valence-electron chi connectivity index (χ0n) is 12.6. The van der Waals surface area contributed by atoms with E-state index in [1.54, 1.807) is 37.3 Å². The van der Waals surface area contributed by atoms with Gasteiger partial charge in [0.15, 0.2) is 5.76 Å². The third-order valence-electron chi connectivity index (χ3n) is 3.53. The summed E-state index contributed by atoms with van der Waals surface area (Å²) in [5.41, 5.74) is 3.74. The van der Waals surface area contributed by atoms with Gasteiger partial charge in [0.2, 0.25) is 0 Å². The van der Waals surface area contributed by atoms with Gasteiger partial charge in [0.25, 0.3) is 0 Å². The maximum absolute atomic E-state index is 12.2. The summed E-state index contributed by atoms with van der Waals surface area (Å²) in [4.78, 5) is 12.2. The number of nitrogens with zero attached hydrogens (tertiary/aromatic N) is 1. The molecule has 3 N–H and O–H groups in total. The van der Waals surface area contributed by atoms with Gasteiger partial charge in [0.1, 0.15) is 17.1 Å². The van der Waals surface area contributed by atoms with E-state index in [9.17, 15) is 15.0 Å². The number of rotatable bonds is 3. The second-order valence-corrected chi connectivity index (χ2v) is 5.94. The Kier molecular flexibility index (Phi) is 4.26. The minimum absolute atomic E-state index is 0.0281. The lowest BCUT2D eigenvalue weighted by Gasteiger charge is -2.01. The normalized spacial score (nSPS) is 11.2. The van der Waals surface area contributed by atoms with Crippen LogP contribution in [-0.2, 0) is 0 Å². The largest absolute Gasteiger partial charge is 0.507 e. The Labute approximate surface area is 145 Å². The third kappa shape index (κ3) is 2.85. The molecular weight excluding hydrogens is 376 g/mol. The Bertz CT molecular complexity index is 963. The minimum Gasteiger partial charge on any atom is -0.507 e. The summed E-state index contributed by atoms with van der Waals surface area (Å²) in [7, 11) is 0. The van der Waals surface area contributed by atoms with Crippen LogP contribution in [0.25, 0.3) is 11.0 Å². The van der Waals surface area contributed by atoms with Crippen LogP contribution in [0.3, 0.4) is 0 Å². The van der Waals surface area contributed by atoms with Crippen molar-refractivity contribution in [3.8, 4) is 11.5 Å². The molecule has 1 aromatic heterocycles. The molecule has 0 aliphatic heterocycles. The first kappa shape index (κ1) is 16.1. The number of hydrazone groups is 1. The molecule has 1 amide bonds. The quantitative estimate of drug-likeness (QED) is 0.471. The molecule has 3 rings (SSSR count). The molecule has 0 atom stereocenters. The number of nitrogens with one attached hydrogen (secondary N) is 1. The van der Waals surface area contributed by atoms with Crippen molar-refractivity contribution in [2.24, 2.45) is 5.10 Å². The maximum atomic E-state index is 12.2. The van der Waals surface area contributed by atoms with E-state index in [4.69, 9.17) is 4.42 Å². The van der Waals surface area contributed by atoms with E-state index >= 15 is 0 Å². The molecule has 0 aliphatic rings. The first-order valence-electron chi connectivity index (χ1n) is 7.01. The number of aromatic hydroxyl groups is 2. The molecular formula is C17H13BrN2O4. The van der Waals surface area contributed by atoms with E-state index in [1.807, 2.05) is 0 Å². The lowest BCUT2D eigenvalue weighted by molar-refractivity contribution is 0.0929. The van der Waals surface area contributed by atoms with Crippen LogP contribution in [0.1, 0.15) is 21.7 Å². The molecule has 0 saturated heterocycles. The molecule has 0 saturated carbocycles. The number of halogens is 1. The summed E-state index contributed by atoms with van der Waals surface area (Å²) in [5.74, 6) is -0.397. The number of benzene rings is 2. The molecule has 24 heavy (non-hydrogen) atoms. The molecule has 0 aliphatic carbocycles. The number of phenols is 2. The number of fused-ring (bicyclic) bond motifs is 1. The van der Waals surface area contributed by atoms with Crippen LogP contribution in [0, 0.1) is 6.92 Å². The smallest absolute Gasteiger partial charge is 0.307 e. The lowest BCUT2D eigenvalue weighted by Crippen LogP contribution is -2.17. The van der Waals surface area contributed by atoms with Crippen molar-refractivity contribution in [1.82, 2.24) is 5.43 Å². The number of furan rings is 1. The number of hydrogen-bond acceptors (Lipinski definition) is 5. The second kappa shape index (κ2) is 6.37. The van der Waals surface area contributed by atoms with Crippen molar-refractivity contribution in [3.05, 3.63) is 57.8 Å². The van der Waals surface area contributed by atoms with E-state index in [2.05, 4.69) is 26.5 Å². The van der Waals surface area contributed by atoms with E-state index in [0.29, 0.717) is 26.6 Å². The number of phenolic OH excluding ortho intramolecular Hbond substituents is 2. The van der Waals surface area contributed by atoms with Crippen molar-refractivity contribution in [1.29, 1.82) is 0 Å². The van der Waals surface area contributed by atoms with E-state index < -0.39 is 5.91 Å². The number of amides is 1. The summed E-state index contributed by atoms with van der Waals surface area (Å²) in [5, 5.41) is 24.0. The lowest BCUT2D eigenvalue weighted by atomic mass is 10.1. The van der Waals surface area contributed by atoms with Gasteiger partial charge in [-0.2, -0.15) is 5.10 Å². The topological polar surface area (TPSA) is 95.1 Å². The number of carbonyl (C=O) groups excluding carboxylic acids is 1. The van der Waals surface area contributed by atoms with Crippen LogP contribution >= 0.6 is 15.9 Å². The van der Waals surface area contributed by atoms with Crippen molar-refractivity contribution in [2.75, 3.05) is 0 Å². The fraction of sp³-hybridized carbons (Fsp3) is 0.0588. The summed E-state index contributed by atoms with van der Waals surface area (Å²) < 4.78 is 6.01. The van der Waals surface area contributed by atoms with Crippen LogP contribution in [0.2, 0.25) is 0 Å². The van der Waals surface area contributed by atoms with Gasteiger partial charge < -0.3 is 14.6 Å². The molecule has 7 heteroatoms. The molecule has 122 valence electrons. The molecule has 6 nitrogen and oxygen atoms in total. The van der Waals surface area contributed by atoms with Crippen LogP contribution in [0.15, 0.2) is 50.4 Å². The van der Waals surface area contributed by atoms with Crippen LogP contribution in [-0.4, -0.2) is 22.3 Å². The highest BCUT2D eigenvalue weighted by molar-refractivity contribution is 9.10. The Morgan fingerprint density at radius 1 is 1.25 bits per heavy atom. The summed E-state index contributed by atoms with van der Waals surface area (Å²) >= 11 is 3.20. The highest BCUT2D eigenvalue weighted by atomic mass is 79.9. The van der Waals surface area contributed by atoms with Crippen molar-refractivity contribution < 1.29 is 19.4 Å². The predicted octanol–water partition coefficient (Wildman–Crippen LogP) is 3.68. The fourth-order valence-corrected chi connectivity index (χ4v) is 2.73. The SMILES string of the molecule is Cc1c(C(=O)N/N=C/c2cccc(Br)c2O)oc2cccc(O)c12. The van der Waals surface area contributed by atoms with Crippen molar-refractivity contribution in [2.45, 2.75) is 6.92 Å². The van der Waals surface area contributed by atoms with E-state index in [0.717, 1.165) is 0 Å². The average Bonchev–Trinajstić information content (AvgIpc) is 2.90. The first-order valence-corrected chi connectivity index (χ1v) is 7.80. The number of aryl methyl sites for hydroxylation is 1. The number of para-hydroxylation sites is 1. The zero-order chi connectivity index (χ0) is 17.3. The summed E-state index contributed by atoms with van der Waals surface area (Å²) in [6, 6.07) is 9.91. The van der Waals surface area contributed by atoms with Gasteiger partial charge in [-0.1, -0.05) is 12.1 Å². The molecule has 0 unspecified atom stereocenters. The predicted molar refractivity (Wildman–Crippen MR) is 93.5 cm³/mol. The maximum Gasteiger partial charge on any atom is 0.307 e. The van der Waals surface area contributed by atoms with Crippen molar-refractivity contribution in [3.63, 3.8) is 0 Å². The summed E-state index contributed by atoms with van der Waals surface area (Å²) in [6.07, 6.45) is 1.33. The monoisotopic (exact) mass is 388 g/mol. The van der Waals surface area contributed by atoms with Crippen LogP contribution < -0.4 is 5.43 Å². The second-order valence-electron chi connectivity index (χ2n) is 5.08. The van der Waals surface area contributed by atoms with E-state index in [-0.39, 0.29) is 17.3 Å². The molecule has 0 radical (unpaired) electrons. The summed E-state index contributed by atoms with van der Waals surface area (Å²) in [6.45, 7) is 1.68. The van der Waals surface area contributed by atoms with Crippen LogP contribution in [0.4, 0.5) is 0 Å². The Hall–Kier alpha value is -2.80. The third-order valence-corrected chi connectivity index (χ3v) is 4.17. The van der Waals surface area contributed by atoms with Gasteiger partial charge in [-0.3, -0.25) is 4.79 Å². The Morgan fingerprint density at radius 3 is 2.75 bits per heavy atom. The van der Waals surface area contributed by atoms with E-state index in [1.165, 1.54) is 12.3 Å². The Balaban J connectivity index is 1.83. The molecule has 1 heterocycles. The highest BCUT2D eigenvalue weighted by Crippen LogP contribution is 2.32. The zero-order valence-corrected chi connectivity index (χ0v) is 14.2. The van der Waals surface area contributed by atoms with Gasteiger partial charge >= 0.3 is 5.91 Å². The number of carbonyl (C=O) groups is 1. The average molecular weight is 389 g/mol. The van der Waals surface area contributed by atoms with Gasteiger partial charge in [-0.15, -0.1) is 0 Å². The Morgan fingerprint density at radius 2 is 2.00 bits per heavy atom. The van der Waals surface area contributed by atoms with Gasteiger partial charge in [0.05, 0.1) is 16.1 Å². The standard InChI is InChI=1S/C17H13BrN2O4/c1-9-14-12(21)6-3-7-13(14)24-16(9)17(23)20-19-8-10-4-2-5-11(18)15(10)22/h2-8,21-22H,1H3,(H,20,23)/b19-8+. The van der Waals surface area contributed by atoms with Gasteiger partial charge in [-0.05, 0) is 47.1 Å². The van der Waals surface area contributed by atoms with Gasteiger partial charge in [0, 0.05) is 11.1 Å². The molecule has 0 bridgehead atoms. The molecule has 0 spiro atoms. The number of hydrogen-bond donors (Lipinski definition) is 3. The molecule has 3 aromatic rings. The van der Waals surface area contributed by atoms with Crippen molar-refractivity contribution >= 4 is 39.0 Å². The molecule has 2 aromatic carbocycles. The fourth-order valence-electron chi connectivity index (χ4n) is 2.35. The highest BCUT2D eigenvalue weighted by Gasteiger charge is 2.19. The van der Waals surface area contributed by atoms with Gasteiger partial charge in [-0.25, -0.2) is 5.43 Å². The van der Waals surface area contributed by atoms with Crippen LogP contribution in [0.5, 0.6) is 11.5 Å². The molecule has 0 fully saturated rings. The first-order chi connectivity index (χ1) is 11.5. The minimum atomic E-state index is -0.547.